The van der Waals surface area contributed by atoms with Crippen molar-refractivity contribution in [3.8, 4) is 5.75 Å². The Morgan fingerprint density at radius 2 is 1.96 bits per heavy atom. The average molecular weight is 311 g/mol. The second kappa shape index (κ2) is 7.13. The molecule has 0 N–H and O–H groups in total. The molecule has 1 aliphatic rings. The van der Waals surface area contributed by atoms with Crippen LogP contribution in [-0.4, -0.2) is 48.6 Å². The van der Waals surface area contributed by atoms with Crippen molar-refractivity contribution in [2.45, 2.75) is 6.92 Å². The van der Waals surface area contributed by atoms with Crippen molar-refractivity contribution in [3.63, 3.8) is 0 Å². The fourth-order valence-electron chi connectivity index (χ4n) is 2.67. The number of nitrogens with zero attached hydrogens (tertiary/aromatic N) is 3. The SMILES string of the molecule is Cc1cccc(OCC(=O)N2CCN(c3ccccn3)CC2)c1. The van der Waals surface area contributed by atoms with Crippen LogP contribution in [0, 0.1) is 6.92 Å². The average Bonchev–Trinajstić information content (AvgIpc) is 2.61. The van der Waals surface area contributed by atoms with Gasteiger partial charge in [-0.15, -0.1) is 0 Å². The van der Waals surface area contributed by atoms with Gasteiger partial charge in [-0.2, -0.15) is 0 Å². The van der Waals surface area contributed by atoms with E-state index < -0.39 is 0 Å². The van der Waals surface area contributed by atoms with E-state index >= 15 is 0 Å². The summed E-state index contributed by atoms with van der Waals surface area (Å²) in [6.07, 6.45) is 1.79. The van der Waals surface area contributed by atoms with Crippen LogP contribution in [0.4, 0.5) is 5.82 Å². The molecule has 2 heterocycles. The second-order valence-electron chi connectivity index (χ2n) is 5.66. The first kappa shape index (κ1) is 15.3. The molecule has 0 saturated carbocycles. The molecule has 5 heteroatoms. The molecule has 1 aromatic carbocycles. The highest BCUT2D eigenvalue weighted by Gasteiger charge is 2.21. The number of ether oxygens (including phenoxy) is 1. The number of aromatic nitrogens is 1. The van der Waals surface area contributed by atoms with Gasteiger partial charge in [0.15, 0.2) is 6.61 Å². The lowest BCUT2D eigenvalue weighted by Crippen LogP contribution is -2.50. The number of carbonyl (C=O) groups is 1. The van der Waals surface area contributed by atoms with Crippen molar-refractivity contribution in [2.75, 3.05) is 37.7 Å². The summed E-state index contributed by atoms with van der Waals surface area (Å²) in [5, 5.41) is 0. The predicted octanol–water partition coefficient (Wildman–Crippen LogP) is 2.12. The number of carbonyl (C=O) groups excluding carboxylic acids is 1. The molecule has 1 aliphatic heterocycles. The number of benzene rings is 1. The molecule has 1 fully saturated rings. The zero-order valence-corrected chi connectivity index (χ0v) is 13.3. The molecule has 0 atom stereocenters. The summed E-state index contributed by atoms with van der Waals surface area (Å²) >= 11 is 0. The highest BCUT2D eigenvalue weighted by atomic mass is 16.5. The van der Waals surface area contributed by atoms with Gasteiger partial charge in [0.05, 0.1) is 0 Å². The van der Waals surface area contributed by atoms with Gasteiger partial charge >= 0.3 is 0 Å². The molecule has 2 aromatic rings. The number of pyridine rings is 1. The zero-order chi connectivity index (χ0) is 16.1. The summed E-state index contributed by atoms with van der Waals surface area (Å²) in [6, 6.07) is 13.6. The van der Waals surface area contributed by atoms with Gasteiger partial charge in [0.25, 0.3) is 5.91 Å². The highest BCUT2D eigenvalue weighted by Crippen LogP contribution is 2.14. The summed E-state index contributed by atoms with van der Waals surface area (Å²) in [7, 11) is 0. The summed E-state index contributed by atoms with van der Waals surface area (Å²) in [4.78, 5) is 20.7. The lowest BCUT2D eigenvalue weighted by Gasteiger charge is -2.35. The van der Waals surface area contributed by atoms with Gasteiger partial charge in [-0.05, 0) is 36.8 Å². The minimum atomic E-state index is 0.0344. The Kier molecular flexibility index (Phi) is 4.76. The van der Waals surface area contributed by atoms with Crippen molar-refractivity contribution >= 4 is 11.7 Å². The van der Waals surface area contributed by atoms with Crippen LogP contribution in [0.15, 0.2) is 48.7 Å². The van der Waals surface area contributed by atoms with Crippen LogP contribution in [0.3, 0.4) is 0 Å². The molecule has 0 aliphatic carbocycles. The number of amides is 1. The fourth-order valence-corrected chi connectivity index (χ4v) is 2.67. The van der Waals surface area contributed by atoms with E-state index in [0.29, 0.717) is 13.1 Å². The molecule has 0 bridgehead atoms. The maximum atomic E-state index is 12.3. The number of aryl methyl sites for hydroxylation is 1. The van der Waals surface area contributed by atoms with Crippen molar-refractivity contribution in [2.24, 2.45) is 0 Å². The molecule has 1 aromatic heterocycles. The lowest BCUT2D eigenvalue weighted by atomic mass is 10.2. The van der Waals surface area contributed by atoms with Gasteiger partial charge in [0.1, 0.15) is 11.6 Å². The van der Waals surface area contributed by atoms with E-state index in [9.17, 15) is 4.79 Å². The van der Waals surface area contributed by atoms with Gasteiger partial charge < -0.3 is 14.5 Å². The Morgan fingerprint density at radius 1 is 1.13 bits per heavy atom. The van der Waals surface area contributed by atoms with Crippen LogP contribution in [0.2, 0.25) is 0 Å². The van der Waals surface area contributed by atoms with E-state index in [-0.39, 0.29) is 12.5 Å². The summed E-state index contributed by atoms with van der Waals surface area (Å²) < 4.78 is 5.60. The maximum Gasteiger partial charge on any atom is 0.260 e. The molecular formula is C18H21N3O2. The predicted molar refractivity (Wildman–Crippen MR) is 89.7 cm³/mol. The summed E-state index contributed by atoms with van der Waals surface area (Å²) in [5.41, 5.74) is 1.12. The van der Waals surface area contributed by atoms with Crippen LogP contribution < -0.4 is 9.64 Å². The normalized spacial score (nSPS) is 14.7. The standard InChI is InChI=1S/C18H21N3O2/c1-15-5-4-6-16(13-15)23-14-18(22)21-11-9-20(10-12-21)17-7-2-3-8-19-17/h2-8,13H,9-12,14H2,1H3. The summed E-state index contributed by atoms with van der Waals surface area (Å²) in [6.45, 7) is 5.10. The number of hydrogen-bond acceptors (Lipinski definition) is 4. The quantitative estimate of drug-likeness (QED) is 0.868. The molecule has 23 heavy (non-hydrogen) atoms. The molecule has 5 nitrogen and oxygen atoms in total. The Labute approximate surface area is 136 Å². The lowest BCUT2D eigenvalue weighted by molar-refractivity contribution is -0.133. The largest absolute Gasteiger partial charge is 0.484 e. The number of piperazine rings is 1. The first-order chi connectivity index (χ1) is 11.2. The molecule has 0 radical (unpaired) electrons. The van der Waals surface area contributed by atoms with E-state index in [1.54, 1.807) is 6.20 Å². The van der Waals surface area contributed by atoms with Crippen LogP contribution in [0.25, 0.3) is 0 Å². The summed E-state index contributed by atoms with van der Waals surface area (Å²) in [5.74, 6) is 1.74. The fraction of sp³-hybridized carbons (Fsp3) is 0.333. The minimum absolute atomic E-state index is 0.0344. The van der Waals surface area contributed by atoms with Gasteiger partial charge in [0, 0.05) is 32.4 Å². The van der Waals surface area contributed by atoms with E-state index in [4.69, 9.17) is 4.74 Å². The molecule has 1 saturated heterocycles. The van der Waals surface area contributed by atoms with E-state index in [2.05, 4.69) is 9.88 Å². The maximum absolute atomic E-state index is 12.3. The zero-order valence-electron chi connectivity index (χ0n) is 13.3. The van der Waals surface area contributed by atoms with Crippen molar-refractivity contribution in [1.29, 1.82) is 0 Å². The van der Waals surface area contributed by atoms with Gasteiger partial charge in [0.2, 0.25) is 0 Å². The van der Waals surface area contributed by atoms with Gasteiger partial charge in [-0.3, -0.25) is 4.79 Å². The van der Waals surface area contributed by atoms with Crippen molar-refractivity contribution < 1.29 is 9.53 Å². The van der Waals surface area contributed by atoms with Crippen LogP contribution in [-0.2, 0) is 4.79 Å². The van der Waals surface area contributed by atoms with Gasteiger partial charge in [-0.1, -0.05) is 18.2 Å². The molecule has 0 spiro atoms. The molecule has 0 unspecified atom stereocenters. The first-order valence-corrected chi connectivity index (χ1v) is 7.85. The Bertz CT molecular complexity index is 652. The van der Waals surface area contributed by atoms with Crippen LogP contribution in [0.5, 0.6) is 5.75 Å². The Morgan fingerprint density at radius 3 is 2.65 bits per heavy atom. The monoisotopic (exact) mass is 311 g/mol. The van der Waals surface area contributed by atoms with E-state index in [1.807, 2.05) is 54.3 Å². The number of anilines is 1. The van der Waals surface area contributed by atoms with Crippen LogP contribution in [0.1, 0.15) is 5.56 Å². The highest BCUT2D eigenvalue weighted by molar-refractivity contribution is 5.78. The smallest absolute Gasteiger partial charge is 0.260 e. The second-order valence-corrected chi connectivity index (χ2v) is 5.66. The van der Waals surface area contributed by atoms with Crippen molar-refractivity contribution in [3.05, 3.63) is 54.2 Å². The topological polar surface area (TPSA) is 45.7 Å². The Balaban J connectivity index is 1.48. The molecular weight excluding hydrogens is 290 g/mol. The molecule has 1 amide bonds. The third-order valence-electron chi connectivity index (χ3n) is 3.96. The minimum Gasteiger partial charge on any atom is -0.484 e. The number of hydrogen-bond donors (Lipinski definition) is 0. The molecule has 120 valence electrons. The van der Waals surface area contributed by atoms with Crippen molar-refractivity contribution in [1.82, 2.24) is 9.88 Å². The van der Waals surface area contributed by atoms with Crippen LogP contribution >= 0.6 is 0 Å². The third-order valence-corrected chi connectivity index (χ3v) is 3.96. The molecule has 3 rings (SSSR count). The third kappa shape index (κ3) is 4.00. The van der Waals surface area contributed by atoms with E-state index in [0.717, 1.165) is 30.2 Å². The van der Waals surface area contributed by atoms with Gasteiger partial charge in [-0.25, -0.2) is 4.98 Å². The number of rotatable bonds is 4. The Hall–Kier alpha value is -2.56. The van der Waals surface area contributed by atoms with E-state index in [1.165, 1.54) is 0 Å². The first-order valence-electron chi connectivity index (χ1n) is 7.85.